The molecule has 0 bridgehead atoms. The number of aliphatic imine (C=N–C) groups is 2. The molecule has 0 saturated carbocycles. The van der Waals surface area contributed by atoms with Crippen molar-refractivity contribution in [1.82, 2.24) is 0 Å². The van der Waals surface area contributed by atoms with Gasteiger partial charge in [0.25, 0.3) is 0 Å². The van der Waals surface area contributed by atoms with Gasteiger partial charge in [-0.1, -0.05) is 101 Å². The summed E-state index contributed by atoms with van der Waals surface area (Å²) in [7, 11) is 9.87. The Balaban J connectivity index is 0.000000341. The summed E-state index contributed by atoms with van der Waals surface area (Å²) >= 11 is -0.826. The third kappa shape index (κ3) is 12.7. The van der Waals surface area contributed by atoms with E-state index < -0.39 is 37.0 Å². The summed E-state index contributed by atoms with van der Waals surface area (Å²) in [6, 6.07) is 30.4. The second-order valence-corrected chi connectivity index (χ2v) is 27.3. The molecule has 0 aliphatic carbocycles. The Kier molecular flexibility index (Phi) is 20.4. The Bertz CT molecular complexity index is 1620. The molecule has 4 aromatic rings. The van der Waals surface area contributed by atoms with Crippen LogP contribution in [-0.2, 0) is 20.8 Å². The Morgan fingerprint density at radius 2 is 0.849 bits per heavy atom. The van der Waals surface area contributed by atoms with Crippen molar-refractivity contribution in [2.45, 2.75) is 91.7 Å². The van der Waals surface area contributed by atoms with Gasteiger partial charge in [0.2, 0.25) is 0 Å². The standard InChI is InChI=1S/2C21H29NO2Si.2ClH.Zr/c2*1-6-25(7-2,8-3)20-14-16(4)13-17(21(20)23)15-22-18-9-11-19(24-5)12-10-18;;;/h2*9-15,23H,6-8H2,1-5H3;2*1H;/q;;;;+2/p-2. The summed E-state index contributed by atoms with van der Waals surface area (Å²) in [5.41, 5.74) is 5.64. The maximum absolute atomic E-state index is 10.9. The zero-order valence-electron chi connectivity index (χ0n) is 33.2. The molecule has 4 rings (SSSR count). The molecule has 0 radical (unpaired) electrons. The van der Waals surface area contributed by atoms with Crippen LogP contribution in [0.15, 0.2) is 82.8 Å². The van der Waals surface area contributed by atoms with E-state index in [0.29, 0.717) is 11.5 Å². The molecule has 4 aromatic carbocycles. The molecule has 0 aromatic heterocycles. The summed E-state index contributed by atoms with van der Waals surface area (Å²) in [5.74, 6) is 2.45. The molecule has 0 amide bonds. The van der Waals surface area contributed by atoms with Gasteiger partial charge in [0, 0.05) is 23.6 Å². The number of benzene rings is 4. The van der Waals surface area contributed by atoms with Gasteiger partial charge in [0.1, 0.15) is 23.0 Å². The van der Waals surface area contributed by atoms with E-state index in [-0.39, 0.29) is 0 Å². The molecule has 2 N–H and O–H groups in total. The second-order valence-electron chi connectivity index (χ2n) is 13.2. The number of halogens is 2. The van der Waals surface area contributed by atoms with Gasteiger partial charge in [-0.3, -0.25) is 9.98 Å². The first-order valence-corrected chi connectivity index (χ1v) is 30.0. The molecule has 0 saturated heterocycles. The number of phenols is 2. The Hall–Kier alpha value is -2.68. The molecular formula is C42H58Cl2N2O4Si2Zr. The van der Waals surface area contributed by atoms with E-state index in [2.05, 4.69) is 77.5 Å². The van der Waals surface area contributed by atoms with Crippen LogP contribution in [0.25, 0.3) is 0 Å². The van der Waals surface area contributed by atoms with Gasteiger partial charge in [-0.2, -0.15) is 0 Å². The molecule has 0 atom stereocenters. The van der Waals surface area contributed by atoms with E-state index in [4.69, 9.17) is 26.5 Å². The normalized spacial score (nSPS) is 11.5. The maximum atomic E-state index is 10.9. The predicted octanol–water partition coefficient (Wildman–Crippen LogP) is 11.7. The Labute approximate surface area is 339 Å². The van der Waals surface area contributed by atoms with Gasteiger partial charge in [0.05, 0.1) is 41.7 Å². The minimum absolute atomic E-state index is 0.417. The van der Waals surface area contributed by atoms with Crippen LogP contribution in [0.3, 0.4) is 0 Å². The summed E-state index contributed by atoms with van der Waals surface area (Å²) in [5, 5.41) is 24.2. The molecule has 286 valence electrons. The fraction of sp³-hybridized carbons (Fsp3) is 0.381. The number of methoxy groups -OCH3 is 2. The average molecular weight is 873 g/mol. The van der Waals surface area contributed by atoms with E-state index in [9.17, 15) is 10.2 Å². The Morgan fingerprint density at radius 3 is 1.09 bits per heavy atom. The van der Waals surface area contributed by atoms with Crippen molar-refractivity contribution in [2.75, 3.05) is 14.2 Å². The van der Waals surface area contributed by atoms with Crippen molar-refractivity contribution in [1.29, 1.82) is 0 Å². The summed E-state index contributed by atoms with van der Waals surface area (Å²) in [4.78, 5) is 9.06. The summed E-state index contributed by atoms with van der Waals surface area (Å²) < 4.78 is 10.3. The van der Waals surface area contributed by atoms with Gasteiger partial charge in [0.15, 0.2) is 0 Å². The van der Waals surface area contributed by atoms with Gasteiger partial charge in [-0.25, -0.2) is 0 Å². The molecule has 0 spiro atoms. The topological polar surface area (TPSA) is 83.6 Å². The number of ether oxygens (including phenoxy) is 2. The third-order valence-electron chi connectivity index (χ3n) is 10.6. The van der Waals surface area contributed by atoms with E-state index in [0.717, 1.165) is 70.3 Å². The molecule has 0 aliphatic rings. The number of rotatable bonds is 14. The SMILES string of the molecule is CC[Si](CC)(CC)c1cc(C)cc(C=Nc2ccc(OC)cc2)c1O.CC[Si](CC)(CC)c1cc(C)cc(C=Nc2ccc(OC)cc2)c1O.[Cl][Zr][Cl]. The van der Waals surface area contributed by atoms with E-state index in [1.807, 2.05) is 60.7 Å². The molecule has 53 heavy (non-hydrogen) atoms. The number of aryl methyl sites for hydroxylation is 2. The summed E-state index contributed by atoms with van der Waals surface area (Å²) in [6.07, 6.45) is 3.54. The van der Waals surface area contributed by atoms with Crippen LogP contribution in [0.5, 0.6) is 23.0 Å². The van der Waals surface area contributed by atoms with Crippen molar-refractivity contribution in [3.05, 3.63) is 95.1 Å². The average Bonchev–Trinajstić information content (AvgIpc) is 3.18. The number of hydrogen-bond donors (Lipinski definition) is 2. The van der Waals surface area contributed by atoms with Gasteiger partial charge >= 0.3 is 37.9 Å². The van der Waals surface area contributed by atoms with Crippen LogP contribution >= 0.6 is 17.0 Å². The first kappa shape index (κ1) is 46.5. The number of hydrogen-bond acceptors (Lipinski definition) is 6. The van der Waals surface area contributed by atoms with Gasteiger partial charge in [-0.05, 0) is 84.9 Å². The number of aromatic hydroxyl groups is 2. The molecule has 6 nitrogen and oxygen atoms in total. The van der Waals surface area contributed by atoms with Crippen molar-refractivity contribution in [3.63, 3.8) is 0 Å². The minimum atomic E-state index is -1.65. The van der Waals surface area contributed by atoms with Crippen molar-refractivity contribution < 1.29 is 40.5 Å². The quantitative estimate of drug-likeness (QED) is 0.0976. The molecular weight excluding hydrogens is 815 g/mol. The molecule has 11 heteroatoms. The van der Waals surface area contributed by atoms with Crippen LogP contribution in [0.2, 0.25) is 36.3 Å². The molecule has 0 aliphatic heterocycles. The molecule has 0 heterocycles. The fourth-order valence-electron chi connectivity index (χ4n) is 6.89. The molecule has 0 unspecified atom stereocenters. The zero-order valence-corrected chi connectivity index (χ0v) is 39.2. The monoisotopic (exact) mass is 870 g/mol. The van der Waals surface area contributed by atoms with E-state index in [1.165, 1.54) is 21.5 Å². The first-order valence-electron chi connectivity index (χ1n) is 18.4. The van der Waals surface area contributed by atoms with E-state index in [1.54, 1.807) is 26.6 Å². The Morgan fingerprint density at radius 1 is 0.566 bits per heavy atom. The van der Waals surface area contributed by atoms with Gasteiger partial charge in [-0.15, -0.1) is 0 Å². The van der Waals surface area contributed by atoms with Crippen LogP contribution in [-0.4, -0.2) is 53.0 Å². The van der Waals surface area contributed by atoms with Crippen molar-refractivity contribution in [2.24, 2.45) is 9.98 Å². The summed E-state index contributed by atoms with van der Waals surface area (Å²) in [6.45, 7) is 17.7. The van der Waals surface area contributed by atoms with Crippen molar-refractivity contribution in [3.8, 4) is 23.0 Å². The number of nitrogens with zero attached hydrogens (tertiary/aromatic N) is 2. The van der Waals surface area contributed by atoms with Crippen LogP contribution in [0.4, 0.5) is 11.4 Å². The molecule has 0 fully saturated rings. The fourth-order valence-corrected chi connectivity index (χ4v) is 14.5. The third-order valence-corrected chi connectivity index (χ3v) is 21.8. The van der Waals surface area contributed by atoms with Gasteiger partial charge < -0.3 is 19.7 Å². The number of phenolic OH excluding ortho intramolecular Hbond substituents is 2. The van der Waals surface area contributed by atoms with E-state index >= 15 is 0 Å². The van der Waals surface area contributed by atoms with Crippen LogP contribution < -0.4 is 19.8 Å². The zero-order chi connectivity index (χ0) is 39.6. The van der Waals surface area contributed by atoms with Crippen molar-refractivity contribution >= 4 is 67.4 Å². The second kappa shape index (κ2) is 23.3. The van der Waals surface area contributed by atoms with Crippen LogP contribution in [0, 0.1) is 13.8 Å². The van der Waals surface area contributed by atoms with Crippen LogP contribution in [0.1, 0.15) is 63.8 Å². The first-order chi connectivity index (χ1) is 25.4. The predicted molar refractivity (Wildman–Crippen MR) is 232 cm³/mol.